The second-order valence-electron chi connectivity index (χ2n) is 4.25. The molecule has 1 heterocycles. The lowest BCUT2D eigenvalue weighted by Crippen LogP contribution is -2.35. The first-order chi connectivity index (χ1) is 7.81. The average Bonchev–Trinajstić information content (AvgIpc) is 2.17. The van der Waals surface area contributed by atoms with Crippen molar-refractivity contribution in [3.63, 3.8) is 0 Å². The fourth-order valence-corrected chi connectivity index (χ4v) is 2.35. The third-order valence-corrected chi connectivity index (χ3v) is 3.21. The normalized spacial score (nSPS) is 17.4. The van der Waals surface area contributed by atoms with Crippen molar-refractivity contribution in [2.24, 2.45) is 0 Å². The van der Waals surface area contributed by atoms with Gasteiger partial charge in [0.1, 0.15) is 5.60 Å². The van der Waals surface area contributed by atoms with Crippen LogP contribution in [0.2, 0.25) is 0 Å². The van der Waals surface area contributed by atoms with Crippen molar-refractivity contribution < 1.29 is 18.3 Å². The van der Waals surface area contributed by atoms with Crippen LogP contribution in [0.1, 0.15) is 31.4 Å². The number of carbonyl (C=O) groups excluding carboxylic acids is 1. The van der Waals surface area contributed by atoms with E-state index in [2.05, 4.69) is 21.2 Å². The number of hydrogen-bond donors (Lipinski definition) is 1. The van der Waals surface area contributed by atoms with Crippen molar-refractivity contribution in [3.05, 3.63) is 27.7 Å². The summed E-state index contributed by atoms with van der Waals surface area (Å²) >= 11 is 3.18. The van der Waals surface area contributed by atoms with Crippen LogP contribution in [0.3, 0.4) is 0 Å². The van der Waals surface area contributed by atoms with Gasteiger partial charge in [-0.25, -0.2) is 13.6 Å². The highest BCUT2D eigenvalue weighted by Crippen LogP contribution is 2.41. The molecule has 1 aliphatic rings. The third-order valence-electron chi connectivity index (χ3n) is 2.59. The lowest BCUT2D eigenvalue weighted by atomic mass is 9.93. The standard InChI is InChI=1S/C11H10BrF2NO2/c1-11(2)6-3-5(9(13)14)4-7(12)8(6)15-10(16)17-11/h3-4,9H,1-2H3,(H,15,16). The SMILES string of the molecule is CC1(C)OC(=O)Nc2c(Br)cc(C(F)F)cc21. The first-order valence-electron chi connectivity index (χ1n) is 4.93. The van der Waals surface area contributed by atoms with Crippen molar-refractivity contribution in [1.82, 2.24) is 0 Å². The highest BCUT2D eigenvalue weighted by atomic mass is 79.9. The number of hydrogen-bond acceptors (Lipinski definition) is 2. The molecular formula is C11H10BrF2NO2. The molecule has 92 valence electrons. The van der Waals surface area contributed by atoms with E-state index in [-0.39, 0.29) is 5.56 Å². The Morgan fingerprint density at radius 3 is 2.65 bits per heavy atom. The third kappa shape index (κ3) is 2.13. The maximum atomic E-state index is 12.7. The highest BCUT2D eigenvalue weighted by molar-refractivity contribution is 9.10. The zero-order valence-electron chi connectivity index (χ0n) is 9.18. The number of fused-ring (bicyclic) bond motifs is 1. The van der Waals surface area contributed by atoms with Gasteiger partial charge in [0.25, 0.3) is 6.43 Å². The Balaban J connectivity index is 2.63. The molecule has 17 heavy (non-hydrogen) atoms. The summed E-state index contributed by atoms with van der Waals surface area (Å²) < 4.78 is 30.9. The van der Waals surface area contributed by atoms with E-state index in [9.17, 15) is 13.6 Å². The minimum atomic E-state index is -2.56. The van der Waals surface area contributed by atoms with Crippen LogP contribution in [0.25, 0.3) is 0 Å². The number of ether oxygens (including phenoxy) is 1. The molecule has 0 spiro atoms. The maximum Gasteiger partial charge on any atom is 0.412 e. The lowest BCUT2D eigenvalue weighted by molar-refractivity contribution is 0.0416. The van der Waals surface area contributed by atoms with E-state index >= 15 is 0 Å². The topological polar surface area (TPSA) is 38.3 Å². The van der Waals surface area contributed by atoms with Crippen molar-refractivity contribution in [2.45, 2.75) is 25.9 Å². The van der Waals surface area contributed by atoms with Gasteiger partial charge in [0.05, 0.1) is 5.69 Å². The number of anilines is 1. The van der Waals surface area contributed by atoms with Gasteiger partial charge in [0, 0.05) is 15.6 Å². The Bertz CT molecular complexity index is 489. The number of nitrogens with one attached hydrogen (secondary N) is 1. The summed E-state index contributed by atoms with van der Waals surface area (Å²) in [6, 6.07) is 2.65. The summed E-state index contributed by atoms with van der Waals surface area (Å²) in [4.78, 5) is 11.3. The van der Waals surface area contributed by atoms with Crippen LogP contribution in [-0.4, -0.2) is 6.09 Å². The Hall–Kier alpha value is -1.17. The van der Waals surface area contributed by atoms with Crippen molar-refractivity contribution in [2.75, 3.05) is 5.32 Å². The summed E-state index contributed by atoms with van der Waals surface area (Å²) in [7, 11) is 0. The molecular weight excluding hydrogens is 296 g/mol. The number of benzene rings is 1. The molecule has 1 aromatic rings. The van der Waals surface area contributed by atoms with Crippen molar-refractivity contribution in [3.8, 4) is 0 Å². The van der Waals surface area contributed by atoms with Crippen LogP contribution in [0.15, 0.2) is 16.6 Å². The number of amides is 1. The minimum absolute atomic E-state index is 0.108. The second-order valence-corrected chi connectivity index (χ2v) is 5.11. The molecule has 1 aromatic carbocycles. The van der Waals surface area contributed by atoms with E-state index in [0.717, 1.165) is 0 Å². The zero-order valence-corrected chi connectivity index (χ0v) is 10.8. The van der Waals surface area contributed by atoms with Gasteiger partial charge in [-0.1, -0.05) is 0 Å². The molecule has 3 nitrogen and oxygen atoms in total. The summed E-state index contributed by atoms with van der Waals surface area (Å²) in [5, 5.41) is 2.50. The van der Waals surface area contributed by atoms with Crippen LogP contribution in [0.4, 0.5) is 19.3 Å². The van der Waals surface area contributed by atoms with Gasteiger partial charge >= 0.3 is 6.09 Å². The molecule has 1 amide bonds. The van der Waals surface area contributed by atoms with Gasteiger partial charge in [-0.05, 0) is 41.9 Å². The Kier molecular flexibility index (Phi) is 2.85. The predicted octanol–water partition coefficient (Wildman–Crippen LogP) is 4.18. The smallest absolute Gasteiger partial charge is 0.412 e. The van der Waals surface area contributed by atoms with E-state index in [0.29, 0.717) is 15.7 Å². The molecule has 6 heteroatoms. The fraction of sp³-hybridized carbons (Fsp3) is 0.364. The van der Waals surface area contributed by atoms with Gasteiger partial charge in [-0.15, -0.1) is 0 Å². The summed E-state index contributed by atoms with van der Waals surface area (Å²) in [5.74, 6) is 0. The van der Waals surface area contributed by atoms with Gasteiger partial charge in [0.2, 0.25) is 0 Å². The zero-order chi connectivity index (χ0) is 12.8. The molecule has 1 N–H and O–H groups in total. The van der Waals surface area contributed by atoms with Gasteiger partial charge in [0.15, 0.2) is 0 Å². The molecule has 0 fully saturated rings. The number of rotatable bonds is 1. The van der Waals surface area contributed by atoms with Crippen LogP contribution in [0, 0.1) is 0 Å². The Labute approximate surface area is 105 Å². The van der Waals surface area contributed by atoms with Crippen molar-refractivity contribution >= 4 is 27.7 Å². The van der Waals surface area contributed by atoms with Crippen LogP contribution in [-0.2, 0) is 10.3 Å². The lowest BCUT2D eigenvalue weighted by Gasteiger charge is -2.33. The molecule has 0 bridgehead atoms. The minimum Gasteiger partial charge on any atom is -0.438 e. The molecule has 0 saturated heterocycles. The van der Waals surface area contributed by atoms with Crippen molar-refractivity contribution in [1.29, 1.82) is 0 Å². The Morgan fingerprint density at radius 1 is 1.41 bits per heavy atom. The van der Waals surface area contributed by atoms with Crippen LogP contribution in [0.5, 0.6) is 0 Å². The Morgan fingerprint density at radius 2 is 2.06 bits per heavy atom. The van der Waals surface area contributed by atoms with Gasteiger partial charge < -0.3 is 4.74 Å². The number of halogens is 3. The van der Waals surface area contributed by atoms with E-state index in [4.69, 9.17) is 4.74 Å². The molecule has 0 aromatic heterocycles. The van der Waals surface area contributed by atoms with Gasteiger partial charge in [-0.3, -0.25) is 5.32 Å². The fourth-order valence-electron chi connectivity index (χ4n) is 1.77. The van der Waals surface area contributed by atoms with Crippen LogP contribution >= 0.6 is 15.9 Å². The van der Waals surface area contributed by atoms with Gasteiger partial charge in [-0.2, -0.15) is 0 Å². The van der Waals surface area contributed by atoms with Crippen LogP contribution < -0.4 is 5.32 Å². The largest absolute Gasteiger partial charge is 0.438 e. The summed E-state index contributed by atoms with van der Waals surface area (Å²) in [6.07, 6.45) is -3.15. The summed E-state index contributed by atoms with van der Waals surface area (Å²) in [6.45, 7) is 3.32. The quantitative estimate of drug-likeness (QED) is 0.845. The van der Waals surface area contributed by atoms with E-state index in [1.54, 1.807) is 13.8 Å². The first kappa shape index (κ1) is 12.3. The highest BCUT2D eigenvalue weighted by Gasteiger charge is 2.35. The monoisotopic (exact) mass is 305 g/mol. The van der Waals surface area contributed by atoms with E-state index in [1.807, 2.05) is 0 Å². The number of carbonyl (C=O) groups is 1. The summed E-state index contributed by atoms with van der Waals surface area (Å²) in [5.41, 5.74) is -0.0219. The molecule has 0 saturated carbocycles. The number of cyclic esters (lactones) is 1. The molecule has 0 aliphatic carbocycles. The molecule has 0 unspecified atom stereocenters. The molecule has 1 aliphatic heterocycles. The predicted molar refractivity (Wildman–Crippen MR) is 62.2 cm³/mol. The maximum absolute atomic E-state index is 12.7. The molecule has 2 rings (SSSR count). The average molecular weight is 306 g/mol. The number of alkyl halides is 2. The first-order valence-corrected chi connectivity index (χ1v) is 5.72. The van der Waals surface area contributed by atoms with E-state index in [1.165, 1.54) is 12.1 Å². The molecule has 0 atom stereocenters. The molecule has 0 radical (unpaired) electrons. The van der Waals surface area contributed by atoms with E-state index < -0.39 is 18.1 Å². The second kappa shape index (κ2) is 3.94.